The smallest absolute Gasteiger partial charge is 0.267 e. The molecular formula is C24H16FN5O2S. The van der Waals surface area contributed by atoms with Crippen molar-refractivity contribution in [3.8, 4) is 11.4 Å². The zero-order valence-corrected chi connectivity index (χ0v) is 17.9. The average molecular weight is 457 g/mol. The molecule has 2 aliphatic heterocycles. The summed E-state index contributed by atoms with van der Waals surface area (Å²) in [5.41, 5.74) is 4.76. The van der Waals surface area contributed by atoms with E-state index >= 15 is 0 Å². The van der Waals surface area contributed by atoms with Crippen molar-refractivity contribution >= 4 is 33.7 Å². The number of fused-ring (bicyclic) bond motifs is 2. The summed E-state index contributed by atoms with van der Waals surface area (Å²) in [6, 6.07) is 22.8. The summed E-state index contributed by atoms with van der Waals surface area (Å²) in [5.74, 6) is 0.733. The van der Waals surface area contributed by atoms with Crippen LogP contribution in [0.15, 0.2) is 93.8 Å². The lowest BCUT2D eigenvalue weighted by Gasteiger charge is -2.13. The van der Waals surface area contributed by atoms with E-state index in [1.165, 1.54) is 28.6 Å². The van der Waals surface area contributed by atoms with Gasteiger partial charge in [-0.2, -0.15) is 4.68 Å². The molecule has 2 unspecified atom stereocenters. The maximum Gasteiger partial charge on any atom is 0.282 e. The van der Waals surface area contributed by atoms with E-state index in [0.29, 0.717) is 27.7 Å². The van der Waals surface area contributed by atoms with Crippen LogP contribution in [0, 0.1) is 5.82 Å². The number of hydrogen-bond donors (Lipinski definition) is 1. The second kappa shape index (κ2) is 7.95. The van der Waals surface area contributed by atoms with Gasteiger partial charge in [-0.25, -0.2) is 14.4 Å². The van der Waals surface area contributed by atoms with Crippen LogP contribution in [0.4, 0.5) is 4.39 Å². The number of rotatable bonds is 3. The van der Waals surface area contributed by atoms with Crippen LogP contribution < -0.4 is 11.0 Å². The number of amidine groups is 2. The molecule has 3 heterocycles. The third kappa shape index (κ3) is 3.51. The van der Waals surface area contributed by atoms with Crippen LogP contribution in [-0.4, -0.2) is 25.9 Å². The van der Waals surface area contributed by atoms with Crippen LogP contribution in [0.1, 0.15) is 11.7 Å². The van der Waals surface area contributed by atoms with Crippen molar-refractivity contribution in [3.63, 3.8) is 0 Å². The van der Waals surface area contributed by atoms with Gasteiger partial charge in [0.25, 0.3) is 5.56 Å². The first-order valence-electron chi connectivity index (χ1n) is 10.3. The third-order valence-electron chi connectivity index (χ3n) is 5.45. The Kier molecular flexibility index (Phi) is 4.78. The Bertz CT molecular complexity index is 1480. The zero-order chi connectivity index (χ0) is 22.4. The van der Waals surface area contributed by atoms with Gasteiger partial charge in [-0.1, -0.05) is 66.4 Å². The number of hydrogen-bond acceptors (Lipinski definition) is 6. The van der Waals surface area contributed by atoms with E-state index in [9.17, 15) is 9.18 Å². The molecule has 1 aromatic heterocycles. The van der Waals surface area contributed by atoms with Gasteiger partial charge >= 0.3 is 0 Å². The largest absolute Gasteiger partial charge is 0.282 e. The number of nitrogens with zero attached hydrogens (tertiary/aromatic N) is 4. The van der Waals surface area contributed by atoms with Gasteiger partial charge in [0, 0.05) is 5.56 Å². The van der Waals surface area contributed by atoms with Crippen LogP contribution in [0.3, 0.4) is 0 Å². The first-order chi connectivity index (χ1) is 16.2. The zero-order valence-electron chi connectivity index (χ0n) is 17.1. The van der Waals surface area contributed by atoms with Gasteiger partial charge in [-0.15, -0.1) is 5.10 Å². The summed E-state index contributed by atoms with van der Waals surface area (Å²) in [6.45, 7) is 0. The number of halogens is 1. The number of nitrogens with one attached hydrogen (secondary N) is 1. The van der Waals surface area contributed by atoms with Crippen molar-refractivity contribution in [2.24, 2.45) is 10.1 Å². The molecule has 1 saturated heterocycles. The lowest BCUT2D eigenvalue weighted by molar-refractivity contribution is 0.0467. The number of aliphatic imine (C=N–C) groups is 1. The summed E-state index contributed by atoms with van der Waals surface area (Å²) in [4.78, 5) is 28.3. The number of thioether (sulfide) groups is 1. The highest BCUT2D eigenvalue weighted by Gasteiger charge is 2.41. The van der Waals surface area contributed by atoms with E-state index in [4.69, 9.17) is 9.82 Å². The topological polar surface area (TPSA) is 80.9 Å². The lowest BCUT2D eigenvalue weighted by Crippen LogP contribution is -2.21. The molecule has 7 nitrogen and oxygen atoms in total. The number of hydroxylamine groups is 1. The summed E-state index contributed by atoms with van der Waals surface area (Å²) in [5, 5.41) is 5.29. The van der Waals surface area contributed by atoms with Crippen LogP contribution >= 0.6 is 11.8 Å². The number of benzene rings is 3. The van der Waals surface area contributed by atoms with Gasteiger partial charge < -0.3 is 0 Å². The van der Waals surface area contributed by atoms with Crippen LogP contribution in [0.5, 0.6) is 0 Å². The Morgan fingerprint density at radius 2 is 1.76 bits per heavy atom. The molecule has 33 heavy (non-hydrogen) atoms. The Morgan fingerprint density at radius 3 is 2.58 bits per heavy atom. The highest BCUT2D eigenvalue weighted by molar-refractivity contribution is 8.15. The molecule has 2 atom stereocenters. The molecule has 4 aromatic rings. The van der Waals surface area contributed by atoms with Crippen molar-refractivity contribution in [2.45, 2.75) is 11.4 Å². The molecule has 1 fully saturated rings. The lowest BCUT2D eigenvalue weighted by atomic mass is 10.1. The SMILES string of the molecule is O=c1c2ccccc2nc(-c2ccccc2)n1/N=C1/N=C2NOC(c3ccc(F)cc3)C2S1. The van der Waals surface area contributed by atoms with Gasteiger partial charge in [0.1, 0.15) is 23.0 Å². The minimum absolute atomic E-state index is 0.182. The van der Waals surface area contributed by atoms with Gasteiger partial charge in [-0.3, -0.25) is 15.1 Å². The molecule has 2 aliphatic rings. The van der Waals surface area contributed by atoms with Crippen molar-refractivity contribution < 1.29 is 9.23 Å². The van der Waals surface area contributed by atoms with Crippen molar-refractivity contribution in [3.05, 3.63) is 101 Å². The molecular weight excluding hydrogens is 441 g/mol. The number of aromatic nitrogens is 2. The summed E-state index contributed by atoms with van der Waals surface area (Å²) >= 11 is 1.38. The molecule has 0 saturated carbocycles. The highest BCUT2D eigenvalue weighted by Crippen LogP contribution is 2.39. The standard InChI is InChI=1S/C24H16FN5O2S/c25-16-12-10-14(11-13-16)19-20-21(29-32-19)27-24(33-20)28-30-22(15-6-2-1-3-7-15)26-18-9-5-4-8-17(18)23(30)31/h1-13,19-20H,(H,27,28,29). The molecule has 0 bridgehead atoms. The number of para-hydroxylation sites is 1. The minimum atomic E-state index is -0.359. The predicted octanol–water partition coefficient (Wildman–Crippen LogP) is 4.11. The van der Waals surface area contributed by atoms with Crippen molar-refractivity contribution in [1.82, 2.24) is 15.1 Å². The average Bonchev–Trinajstić information content (AvgIpc) is 3.42. The van der Waals surface area contributed by atoms with Gasteiger partial charge in [0.15, 0.2) is 5.82 Å². The normalized spacial score (nSPS) is 20.6. The van der Waals surface area contributed by atoms with Crippen molar-refractivity contribution in [2.75, 3.05) is 0 Å². The first kappa shape index (κ1) is 19.8. The minimum Gasteiger partial charge on any atom is -0.267 e. The Hall–Kier alpha value is -3.82. The summed E-state index contributed by atoms with van der Waals surface area (Å²) < 4.78 is 14.6. The molecule has 3 aromatic carbocycles. The second-order valence-corrected chi connectivity index (χ2v) is 8.65. The Labute approximate surface area is 191 Å². The van der Waals surface area contributed by atoms with Gasteiger partial charge in [0.05, 0.1) is 10.9 Å². The van der Waals surface area contributed by atoms with Crippen LogP contribution in [-0.2, 0) is 4.84 Å². The van der Waals surface area contributed by atoms with Crippen LogP contribution in [0.25, 0.3) is 22.3 Å². The molecule has 0 spiro atoms. The molecule has 0 amide bonds. The third-order valence-corrected chi connectivity index (χ3v) is 6.56. The predicted molar refractivity (Wildman–Crippen MR) is 126 cm³/mol. The van der Waals surface area contributed by atoms with E-state index < -0.39 is 0 Å². The molecule has 9 heteroatoms. The molecule has 0 radical (unpaired) electrons. The molecule has 162 valence electrons. The Balaban J connectivity index is 1.43. The Morgan fingerprint density at radius 1 is 1.00 bits per heavy atom. The summed E-state index contributed by atoms with van der Waals surface area (Å²) in [7, 11) is 0. The van der Waals surface area contributed by atoms with Crippen molar-refractivity contribution in [1.29, 1.82) is 0 Å². The van der Waals surface area contributed by atoms with E-state index in [1.807, 2.05) is 42.5 Å². The molecule has 6 rings (SSSR count). The fourth-order valence-corrected chi connectivity index (χ4v) is 4.91. The fourth-order valence-electron chi connectivity index (χ4n) is 3.85. The second-order valence-electron chi connectivity index (χ2n) is 7.55. The molecule has 1 N–H and O–H groups in total. The van der Waals surface area contributed by atoms with Gasteiger partial charge in [0.2, 0.25) is 5.17 Å². The maximum atomic E-state index is 13.4. The quantitative estimate of drug-likeness (QED) is 0.501. The first-order valence-corrected chi connectivity index (χ1v) is 11.1. The van der Waals surface area contributed by atoms with E-state index in [1.54, 1.807) is 24.3 Å². The van der Waals surface area contributed by atoms with E-state index in [2.05, 4.69) is 15.6 Å². The van der Waals surface area contributed by atoms with Crippen LogP contribution in [0.2, 0.25) is 0 Å². The van der Waals surface area contributed by atoms with Gasteiger partial charge in [-0.05, 0) is 29.8 Å². The summed E-state index contributed by atoms with van der Waals surface area (Å²) in [6.07, 6.45) is -0.359. The maximum absolute atomic E-state index is 13.4. The molecule has 0 aliphatic carbocycles. The van der Waals surface area contributed by atoms with E-state index in [0.717, 1.165) is 11.1 Å². The monoisotopic (exact) mass is 457 g/mol. The van der Waals surface area contributed by atoms with E-state index in [-0.39, 0.29) is 22.7 Å². The fraction of sp³-hybridized carbons (Fsp3) is 0.0833. The highest BCUT2D eigenvalue weighted by atomic mass is 32.2.